The van der Waals surface area contributed by atoms with Crippen LogP contribution in [0.2, 0.25) is 0 Å². The van der Waals surface area contributed by atoms with E-state index in [1.807, 2.05) is 30.3 Å². The Hall–Kier alpha value is -3.04. The molecule has 0 saturated carbocycles. The van der Waals surface area contributed by atoms with Crippen molar-refractivity contribution in [2.75, 3.05) is 6.54 Å². The Morgan fingerprint density at radius 1 is 1.19 bits per heavy atom. The molecule has 31 heavy (non-hydrogen) atoms. The lowest BCUT2D eigenvalue weighted by Crippen LogP contribution is -2.42. The molecule has 1 saturated heterocycles. The van der Waals surface area contributed by atoms with E-state index >= 15 is 0 Å². The van der Waals surface area contributed by atoms with Gasteiger partial charge >= 0.3 is 0 Å². The molecule has 0 bridgehead atoms. The average molecular weight is 455 g/mol. The largest absolute Gasteiger partial charge is 0.293 e. The topological polar surface area (TPSA) is 91.4 Å². The van der Waals surface area contributed by atoms with Gasteiger partial charge in [-0.25, -0.2) is 0 Å². The van der Waals surface area contributed by atoms with Crippen LogP contribution in [0, 0.1) is 0 Å². The summed E-state index contributed by atoms with van der Waals surface area (Å²) in [7, 11) is 0. The van der Waals surface area contributed by atoms with Crippen LogP contribution in [-0.2, 0) is 16.0 Å². The number of aromatic nitrogens is 1. The van der Waals surface area contributed by atoms with E-state index in [0.717, 1.165) is 12.0 Å². The Kier molecular flexibility index (Phi) is 7.91. The Bertz CT molecular complexity index is 1010. The van der Waals surface area contributed by atoms with Crippen LogP contribution < -0.4 is 10.9 Å². The number of carbonyl (C=O) groups is 3. The van der Waals surface area contributed by atoms with Gasteiger partial charge in [-0.2, -0.15) is 0 Å². The lowest BCUT2D eigenvalue weighted by atomic mass is 10.1. The summed E-state index contributed by atoms with van der Waals surface area (Å²) in [5, 5.41) is 0. The molecule has 3 amide bonds. The highest BCUT2D eigenvalue weighted by molar-refractivity contribution is 8.26. The number of hydrogen-bond acceptors (Lipinski definition) is 6. The van der Waals surface area contributed by atoms with Gasteiger partial charge in [-0.1, -0.05) is 55.2 Å². The smallest absolute Gasteiger partial charge is 0.271 e. The summed E-state index contributed by atoms with van der Waals surface area (Å²) in [5.74, 6) is -0.954. The molecule has 0 radical (unpaired) electrons. The van der Waals surface area contributed by atoms with E-state index in [-0.39, 0.29) is 18.2 Å². The molecule has 1 aliphatic heterocycles. The van der Waals surface area contributed by atoms with Gasteiger partial charge in [-0.3, -0.25) is 35.1 Å². The van der Waals surface area contributed by atoms with Crippen LogP contribution >= 0.6 is 24.0 Å². The van der Waals surface area contributed by atoms with E-state index in [9.17, 15) is 14.4 Å². The normalized spacial score (nSPS) is 14.7. The molecular weight excluding hydrogens is 432 g/mol. The molecule has 0 unspecified atom stereocenters. The van der Waals surface area contributed by atoms with E-state index < -0.39 is 5.91 Å². The molecule has 2 aromatic rings. The highest BCUT2D eigenvalue weighted by Crippen LogP contribution is 2.32. The maximum Gasteiger partial charge on any atom is 0.271 e. The second-order valence-corrected chi connectivity index (χ2v) is 8.45. The fraction of sp³-hybridized carbons (Fsp3) is 0.227. The van der Waals surface area contributed by atoms with Crippen LogP contribution in [0.1, 0.15) is 41.3 Å². The minimum Gasteiger partial charge on any atom is -0.293 e. The number of aryl methyl sites for hydroxylation is 1. The highest BCUT2D eigenvalue weighted by Gasteiger charge is 2.31. The number of amides is 3. The molecule has 0 atom stereocenters. The summed E-state index contributed by atoms with van der Waals surface area (Å²) in [5.41, 5.74) is 7.22. The van der Waals surface area contributed by atoms with Gasteiger partial charge in [0.2, 0.25) is 5.91 Å². The number of pyridine rings is 1. The molecule has 160 valence electrons. The predicted molar refractivity (Wildman–Crippen MR) is 125 cm³/mol. The van der Waals surface area contributed by atoms with Gasteiger partial charge in [-0.15, -0.1) is 0 Å². The van der Waals surface area contributed by atoms with E-state index in [4.69, 9.17) is 12.2 Å². The maximum atomic E-state index is 12.7. The molecule has 1 fully saturated rings. The highest BCUT2D eigenvalue weighted by atomic mass is 32.2. The number of benzene rings is 1. The van der Waals surface area contributed by atoms with Crippen molar-refractivity contribution in [3.05, 3.63) is 70.4 Å². The standard InChI is InChI=1S/C22H22N4O3S2/c1-2-15-7-9-16(10-8-15)13-18-21(29)26(22(30)31-18)12-4-6-19(27)24-25-20(28)17-5-3-11-23-14-17/h3,5,7-11,13-14H,2,4,6,12H2,1H3,(H,24,27)(H,25,28)/b18-13-. The average Bonchev–Trinajstić information content (AvgIpc) is 3.05. The van der Waals surface area contributed by atoms with Gasteiger partial charge in [0.05, 0.1) is 10.5 Å². The lowest BCUT2D eigenvalue weighted by molar-refractivity contribution is -0.124. The fourth-order valence-corrected chi connectivity index (χ4v) is 4.16. The molecule has 3 rings (SSSR count). The van der Waals surface area contributed by atoms with E-state index in [0.29, 0.717) is 27.8 Å². The van der Waals surface area contributed by atoms with Gasteiger partial charge in [0.15, 0.2) is 0 Å². The lowest BCUT2D eigenvalue weighted by Gasteiger charge is -2.14. The zero-order valence-electron chi connectivity index (χ0n) is 17.0. The second kappa shape index (κ2) is 10.8. The maximum absolute atomic E-state index is 12.7. The first-order valence-electron chi connectivity index (χ1n) is 9.81. The van der Waals surface area contributed by atoms with Gasteiger partial charge in [0.1, 0.15) is 4.32 Å². The van der Waals surface area contributed by atoms with Crippen LogP contribution in [0.5, 0.6) is 0 Å². The van der Waals surface area contributed by atoms with Gasteiger partial charge in [0.25, 0.3) is 11.8 Å². The molecule has 1 aromatic carbocycles. The Morgan fingerprint density at radius 2 is 1.97 bits per heavy atom. The minimum atomic E-state index is -0.449. The van der Waals surface area contributed by atoms with Gasteiger partial charge in [0, 0.05) is 25.4 Å². The Morgan fingerprint density at radius 3 is 2.65 bits per heavy atom. The summed E-state index contributed by atoms with van der Waals surface area (Å²) >= 11 is 6.60. The van der Waals surface area contributed by atoms with Crippen LogP contribution in [-0.4, -0.2) is 38.5 Å². The first kappa shape index (κ1) is 22.6. The number of thiocarbonyl (C=S) groups is 1. The first-order chi connectivity index (χ1) is 15.0. The number of hydrazine groups is 1. The number of carbonyl (C=O) groups excluding carboxylic acids is 3. The van der Waals surface area contributed by atoms with Crippen molar-refractivity contribution in [1.29, 1.82) is 0 Å². The summed E-state index contributed by atoms with van der Waals surface area (Å²) in [6.45, 7) is 2.43. The van der Waals surface area contributed by atoms with Crippen molar-refractivity contribution in [3.63, 3.8) is 0 Å². The third-order valence-corrected chi connectivity index (χ3v) is 5.96. The molecule has 7 nitrogen and oxygen atoms in total. The summed E-state index contributed by atoms with van der Waals surface area (Å²) in [6.07, 6.45) is 6.31. The number of nitrogens with zero attached hydrogens (tertiary/aromatic N) is 2. The van der Waals surface area contributed by atoms with Crippen molar-refractivity contribution in [3.8, 4) is 0 Å². The van der Waals surface area contributed by atoms with Gasteiger partial charge in [-0.05, 0) is 42.2 Å². The number of nitrogens with one attached hydrogen (secondary N) is 2. The third-order valence-electron chi connectivity index (χ3n) is 4.58. The molecule has 1 aliphatic rings. The zero-order valence-corrected chi connectivity index (χ0v) is 18.6. The molecule has 2 heterocycles. The summed E-state index contributed by atoms with van der Waals surface area (Å²) < 4.78 is 0.478. The van der Waals surface area contributed by atoms with Crippen molar-refractivity contribution >= 4 is 52.1 Å². The summed E-state index contributed by atoms with van der Waals surface area (Å²) in [6, 6.07) is 11.3. The van der Waals surface area contributed by atoms with Crippen LogP contribution in [0.25, 0.3) is 6.08 Å². The first-order valence-corrected chi connectivity index (χ1v) is 11.0. The third kappa shape index (κ3) is 6.22. The van der Waals surface area contributed by atoms with Crippen molar-refractivity contribution in [2.45, 2.75) is 26.2 Å². The molecule has 0 spiro atoms. The van der Waals surface area contributed by atoms with Gasteiger partial charge < -0.3 is 0 Å². The molecule has 9 heteroatoms. The summed E-state index contributed by atoms with van der Waals surface area (Å²) in [4.78, 5) is 42.5. The van der Waals surface area contributed by atoms with E-state index in [2.05, 4.69) is 22.8 Å². The monoisotopic (exact) mass is 454 g/mol. The number of hydrogen-bond donors (Lipinski definition) is 2. The molecular formula is C22H22N4O3S2. The van der Waals surface area contributed by atoms with Crippen LogP contribution in [0.15, 0.2) is 53.7 Å². The van der Waals surface area contributed by atoms with Crippen LogP contribution in [0.3, 0.4) is 0 Å². The Balaban J connectivity index is 1.46. The number of rotatable bonds is 7. The molecule has 0 aliphatic carbocycles. The van der Waals surface area contributed by atoms with Crippen molar-refractivity contribution in [2.24, 2.45) is 0 Å². The zero-order chi connectivity index (χ0) is 22.2. The quantitative estimate of drug-likeness (QED) is 0.380. The minimum absolute atomic E-state index is 0.141. The van der Waals surface area contributed by atoms with Crippen molar-refractivity contribution < 1.29 is 14.4 Å². The molecule has 2 N–H and O–H groups in total. The van der Waals surface area contributed by atoms with E-state index in [1.165, 1.54) is 28.4 Å². The van der Waals surface area contributed by atoms with Crippen molar-refractivity contribution in [1.82, 2.24) is 20.7 Å². The second-order valence-electron chi connectivity index (χ2n) is 6.78. The predicted octanol–water partition coefficient (Wildman–Crippen LogP) is 3.09. The SMILES string of the molecule is CCc1ccc(/C=C2\SC(=S)N(CCCC(=O)NNC(=O)c3cccnc3)C2=O)cc1. The Labute approximate surface area is 190 Å². The van der Waals surface area contributed by atoms with E-state index in [1.54, 1.807) is 18.3 Å². The number of thioether (sulfide) groups is 1. The molecule has 1 aromatic heterocycles. The van der Waals surface area contributed by atoms with Crippen LogP contribution in [0.4, 0.5) is 0 Å². The fourth-order valence-electron chi connectivity index (χ4n) is 2.85.